The summed E-state index contributed by atoms with van der Waals surface area (Å²) in [5.41, 5.74) is 8.36. The third kappa shape index (κ3) is 7.48. The van der Waals surface area contributed by atoms with Crippen molar-refractivity contribution in [1.82, 2.24) is 5.32 Å². The Morgan fingerprint density at radius 3 is 2.41 bits per heavy atom. The van der Waals surface area contributed by atoms with Gasteiger partial charge in [0, 0.05) is 48.4 Å². The Bertz CT molecular complexity index is 1180. The molecule has 0 heterocycles. The van der Waals surface area contributed by atoms with E-state index in [1.807, 2.05) is 70.2 Å². The van der Waals surface area contributed by atoms with E-state index in [2.05, 4.69) is 35.1 Å². The van der Waals surface area contributed by atoms with E-state index < -0.39 is 0 Å². The molecule has 0 saturated heterocycles. The van der Waals surface area contributed by atoms with Crippen LogP contribution in [0.15, 0.2) is 100 Å². The SMILES string of the molecule is C=C(NC/C(C)=C/N=CC=N)c1c(N=C(C)C(/C=C(/C)C=N)=C/C)cccc1-c1ccccc1. The molecular formula is C29H33N5. The van der Waals surface area contributed by atoms with E-state index in [1.165, 1.54) is 12.4 Å². The summed E-state index contributed by atoms with van der Waals surface area (Å²) in [7, 11) is 0. The molecule has 0 saturated carbocycles. The number of rotatable bonds is 11. The van der Waals surface area contributed by atoms with Crippen LogP contribution in [0.4, 0.5) is 5.69 Å². The third-order valence-corrected chi connectivity index (χ3v) is 5.09. The minimum atomic E-state index is 0.570. The maximum atomic E-state index is 7.48. The summed E-state index contributed by atoms with van der Waals surface area (Å²) < 4.78 is 0. The van der Waals surface area contributed by atoms with E-state index in [-0.39, 0.29) is 0 Å². The fourth-order valence-corrected chi connectivity index (χ4v) is 3.33. The summed E-state index contributed by atoms with van der Waals surface area (Å²) in [5, 5.41) is 17.9. The second-order valence-electron chi connectivity index (χ2n) is 7.81. The summed E-state index contributed by atoms with van der Waals surface area (Å²) in [6, 6.07) is 16.3. The molecule has 3 N–H and O–H groups in total. The van der Waals surface area contributed by atoms with Crippen LogP contribution in [0, 0.1) is 10.8 Å². The Kier molecular flexibility index (Phi) is 10.3. The Morgan fingerprint density at radius 2 is 1.76 bits per heavy atom. The molecule has 0 atom stereocenters. The fourth-order valence-electron chi connectivity index (χ4n) is 3.33. The van der Waals surface area contributed by atoms with Gasteiger partial charge < -0.3 is 16.1 Å². The summed E-state index contributed by atoms with van der Waals surface area (Å²) in [6.07, 6.45) is 9.62. The van der Waals surface area contributed by atoms with Crippen molar-refractivity contribution >= 4 is 35.7 Å². The molecule has 0 spiro atoms. The first-order valence-electron chi connectivity index (χ1n) is 11.1. The maximum Gasteiger partial charge on any atom is 0.0732 e. The number of hydrogen-bond donors (Lipinski definition) is 3. The lowest BCUT2D eigenvalue weighted by molar-refractivity contribution is 0.954. The number of nitrogens with zero attached hydrogens (tertiary/aromatic N) is 2. The summed E-state index contributed by atoms with van der Waals surface area (Å²) >= 11 is 0. The average Bonchev–Trinajstić information content (AvgIpc) is 2.86. The highest BCUT2D eigenvalue weighted by molar-refractivity contribution is 6.14. The van der Waals surface area contributed by atoms with Gasteiger partial charge in [0.25, 0.3) is 0 Å². The highest BCUT2D eigenvalue weighted by Crippen LogP contribution is 2.35. The molecule has 0 unspecified atom stereocenters. The van der Waals surface area contributed by atoms with Gasteiger partial charge in [-0.3, -0.25) is 9.98 Å². The zero-order valence-electron chi connectivity index (χ0n) is 20.4. The topological polar surface area (TPSA) is 84.5 Å². The average molecular weight is 452 g/mol. The second-order valence-corrected chi connectivity index (χ2v) is 7.81. The van der Waals surface area contributed by atoms with Gasteiger partial charge in [-0.15, -0.1) is 0 Å². The van der Waals surface area contributed by atoms with Crippen LogP contribution in [0.1, 0.15) is 33.3 Å². The van der Waals surface area contributed by atoms with Crippen LogP contribution in [0.25, 0.3) is 16.8 Å². The van der Waals surface area contributed by atoms with Crippen LogP contribution < -0.4 is 5.32 Å². The number of hydrogen-bond acceptors (Lipinski definition) is 5. The Hall–Kier alpha value is -4.12. The van der Waals surface area contributed by atoms with Gasteiger partial charge in [0.05, 0.1) is 5.69 Å². The number of nitrogens with one attached hydrogen (secondary N) is 3. The van der Waals surface area contributed by atoms with E-state index in [1.54, 1.807) is 6.20 Å². The zero-order chi connectivity index (χ0) is 24.9. The first-order chi connectivity index (χ1) is 16.4. The molecule has 2 aromatic rings. The Morgan fingerprint density at radius 1 is 1.03 bits per heavy atom. The molecule has 5 nitrogen and oxygen atoms in total. The highest BCUT2D eigenvalue weighted by Gasteiger charge is 2.14. The Balaban J connectivity index is 2.54. The van der Waals surface area contributed by atoms with Crippen LogP contribution >= 0.6 is 0 Å². The van der Waals surface area contributed by atoms with Gasteiger partial charge in [-0.25, -0.2) is 0 Å². The molecule has 0 bridgehead atoms. The van der Waals surface area contributed by atoms with Gasteiger partial charge in [0.1, 0.15) is 0 Å². The first-order valence-corrected chi connectivity index (χ1v) is 11.1. The molecule has 0 amide bonds. The quantitative estimate of drug-likeness (QED) is 0.245. The molecule has 34 heavy (non-hydrogen) atoms. The van der Waals surface area contributed by atoms with Crippen LogP contribution in [-0.4, -0.2) is 30.9 Å². The van der Waals surface area contributed by atoms with Crippen LogP contribution in [-0.2, 0) is 0 Å². The molecule has 0 radical (unpaired) electrons. The van der Waals surface area contributed by atoms with Gasteiger partial charge in [-0.05, 0) is 67.7 Å². The normalized spacial score (nSPS) is 13.2. The Labute approximate surface area is 203 Å². The van der Waals surface area contributed by atoms with E-state index >= 15 is 0 Å². The van der Waals surface area contributed by atoms with Gasteiger partial charge in [-0.1, -0.05) is 55.1 Å². The van der Waals surface area contributed by atoms with Crippen molar-refractivity contribution in [2.24, 2.45) is 9.98 Å². The molecule has 0 aliphatic rings. The monoisotopic (exact) mass is 451 g/mol. The molecule has 0 aromatic heterocycles. The first kappa shape index (κ1) is 26.1. The number of benzene rings is 2. The van der Waals surface area contributed by atoms with Gasteiger partial charge in [-0.2, -0.15) is 0 Å². The molecule has 0 aliphatic heterocycles. The third-order valence-electron chi connectivity index (χ3n) is 5.09. The van der Waals surface area contributed by atoms with E-state index in [4.69, 9.17) is 15.8 Å². The van der Waals surface area contributed by atoms with Crippen molar-refractivity contribution < 1.29 is 0 Å². The van der Waals surface area contributed by atoms with Crippen molar-refractivity contribution in [3.05, 3.63) is 95.7 Å². The molecular weight excluding hydrogens is 418 g/mol. The highest BCUT2D eigenvalue weighted by atomic mass is 14.9. The van der Waals surface area contributed by atoms with E-state index in [0.717, 1.165) is 56.7 Å². The molecule has 2 aromatic carbocycles. The number of aliphatic imine (C=N–C) groups is 2. The van der Waals surface area contributed by atoms with E-state index in [9.17, 15) is 0 Å². The molecule has 0 aliphatic carbocycles. The van der Waals surface area contributed by atoms with Crippen molar-refractivity contribution in [3.8, 4) is 11.1 Å². The fraction of sp³-hybridized carbons (Fsp3) is 0.172. The summed E-state index contributed by atoms with van der Waals surface area (Å²) in [5.74, 6) is 0. The van der Waals surface area contributed by atoms with Crippen molar-refractivity contribution in [3.63, 3.8) is 0 Å². The van der Waals surface area contributed by atoms with Gasteiger partial charge >= 0.3 is 0 Å². The zero-order valence-corrected chi connectivity index (χ0v) is 20.4. The van der Waals surface area contributed by atoms with Crippen molar-refractivity contribution in [2.75, 3.05) is 6.54 Å². The van der Waals surface area contributed by atoms with Crippen LogP contribution in [0.2, 0.25) is 0 Å². The smallest absolute Gasteiger partial charge is 0.0732 e. The lowest BCUT2D eigenvalue weighted by atomic mass is 9.96. The van der Waals surface area contributed by atoms with Crippen LogP contribution in [0.3, 0.4) is 0 Å². The predicted octanol–water partition coefficient (Wildman–Crippen LogP) is 7.17. The number of allylic oxidation sites excluding steroid dienone is 4. The molecule has 2 rings (SSSR count). The second kappa shape index (κ2) is 13.4. The summed E-state index contributed by atoms with van der Waals surface area (Å²) in [4.78, 5) is 9.05. The lowest BCUT2D eigenvalue weighted by Gasteiger charge is -2.17. The summed E-state index contributed by atoms with van der Waals surface area (Å²) in [6.45, 7) is 12.7. The van der Waals surface area contributed by atoms with E-state index in [0.29, 0.717) is 6.54 Å². The predicted molar refractivity (Wildman–Crippen MR) is 149 cm³/mol. The minimum Gasteiger partial charge on any atom is -0.381 e. The van der Waals surface area contributed by atoms with Crippen LogP contribution in [0.5, 0.6) is 0 Å². The molecule has 174 valence electrons. The standard InChI is InChI=1S/C29H33N5/c1-6-25(17-21(2)18-31)23(4)34-28-14-10-13-27(26-11-8-7-9-12-26)29(28)24(5)33-20-22(3)19-32-16-15-30/h6-19,30-31,33H,5,20H2,1-4H3/b21-17-,22-19+,25-6+,30-15?,31-18?,32-16?,34-23?. The van der Waals surface area contributed by atoms with Crippen molar-refractivity contribution in [1.29, 1.82) is 10.8 Å². The van der Waals surface area contributed by atoms with Crippen molar-refractivity contribution in [2.45, 2.75) is 27.7 Å². The molecule has 0 fully saturated rings. The minimum absolute atomic E-state index is 0.570. The largest absolute Gasteiger partial charge is 0.381 e. The lowest BCUT2D eigenvalue weighted by Crippen LogP contribution is -2.14. The molecule has 5 heteroatoms. The van der Waals surface area contributed by atoms with Gasteiger partial charge in [0.15, 0.2) is 0 Å². The van der Waals surface area contributed by atoms with Gasteiger partial charge in [0.2, 0.25) is 0 Å². The maximum absolute atomic E-state index is 7.48.